The summed E-state index contributed by atoms with van der Waals surface area (Å²) in [4.78, 5) is -0.0741. The van der Waals surface area contributed by atoms with E-state index in [-0.39, 0.29) is 39.9 Å². The minimum absolute atomic E-state index is 0. The zero-order valence-corrected chi connectivity index (χ0v) is 6.38. The molecule has 6 heteroatoms. The molecule has 0 radical (unpaired) electrons. The molecule has 0 aliphatic rings. The number of hydrogen-bond donors (Lipinski definition) is 1. The van der Waals surface area contributed by atoms with E-state index >= 15 is 0 Å². The van der Waals surface area contributed by atoms with Crippen molar-refractivity contribution in [2.45, 2.75) is 4.90 Å². The summed E-state index contributed by atoms with van der Waals surface area (Å²) in [7, 11) is -4.00. The summed E-state index contributed by atoms with van der Waals surface area (Å²) < 4.78 is 29.2. The second-order valence-electron chi connectivity index (χ2n) is 1.79. The van der Waals surface area contributed by atoms with Crippen LogP contribution >= 0.6 is 0 Å². The molecule has 0 atom stereocenters. The van der Waals surface area contributed by atoms with Gasteiger partial charge < -0.3 is 5.48 Å². The van der Waals surface area contributed by atoms with Crippen LogP contribution in [0.15, 0.2) is 35.2 Å². The van der Waals surface area contributed by atoms with Crippen molar-refractivity contribution in [3.05, 3.63) is 30.3 Å². The van der Waals surface area contributed by atoms with Crippen molar-refractivity contribution in [3.63, 3.8) is 0 Å². The molecule has 0 unspecified atom stereocenters. The third-order valence-electron chi connectivity index (χ3n) is 1.04. The van der Waals surface area contributed by atoms with Gasteiger partial charge in [0.05, 0.1) is 4.90 Å². The van der Waals surface area contributed by atoms with Crippen LogP contribution in [0.2, 0.25) is 0 Å². The zero-order valence-electron chi connectivity index (χ0n) is 5.56. The molecule has 0 saturated heterocycles. The average molecular weight is 200 g/mol. The SMILES string of the molecule is O.O=S(=O)(O)c1ccccc1.[NaH]. The summed E-state index contributed by atoms with van der Waals surface area (Å²) in [6.07, 6.45) is 0. The molecule has 0 bridgehead atoms. The summed E-state index contributed by atoms with van der Waals surface area (Å²) in [5, 5.41) is 0. The topological polar surface area (TPSA) is 85.9 Å². The molecule has 1 aromatic carbocycles. The maximum absolute atomic E-state index is 10.4. The summed E-state index contributed by atoms with van der Waals surface area (Å²) in [5.41, 5.74) is 0. The Morgan fingerprint density at radius 1 is 1.08 bits per heavy atom. The third kappa shape index (κ3) is 4.20. The normalized spacial score (nSPS) is 9.42. The Kier molecular flexibility index (Phi) is 6.92. The van der Waals surface area contributed by atoms with E-state index in [4.69, 9.17) is 4.55 Å². The summed E-state index contributed by atoms with van der Waals surface area (Å²) >= 11 is 0. The Balaban J connectivity index is 0. The maximum atomic E-state index is 10.4. The van der Waals surface area contributed by atoms with Crippen LogP contribution in [0.25, 0.3) is 0 Å². The van der Waals surface area contributed by atoms with Crippen LogP contribution in [0.5, 0.6) is 0 Å². The fraction of sp³-hybridized carbons (Fsp3) is 0. The van der Waals surface area contributed by atoms with Crippen molar-refractivity contribution in [1.82, 2.24) is 0 Å². The first kappa shape index (κ1) is 14.6. The van der Waals surface area contributed by atoms with E-state index in [1.807, 2.05) is 0 Å². The van der Waals surface area contributed by atoms with Gasteiger partial charge in [0.25, 0.3) is 10.1 Å². The van der Waals surface area contributed by atoms with E-state index < -0.39 is 10.1 Å². The molecule has 0 aliphatic heterocycles. The summed E-state index contributed by atoms with van der Waals surface area (Å²) in [5.74, 6) is 0. The molecule has 0 aliphatic carbocycles. The van der Waals surface area contributed by atoms with Crippen LogP contribution in [0.4, 0.5) is 0 Å². The fourth-order valence-electron chi connectivity index (χ4n) is 0.592. The first-order chi connectivity index (χ1) is 4.61. The van der Waals surface area contributed by atoms with Crippen molar-refractivity contribution in [2.75, 3.05) is 0 Å². The van der Waals surface area contributed by atoms with Crippen molar-refractivity contribution in [2.24, 2.45) is 0 Å². The van der Waals surface area contributed by atoms with Crippen LogP contribution in [0.1, 0.15) is 0 Å². The van der Waals surface area contributed by atoms with Gasteiger partial charge in [0, 0.05) is 0 Å². The molecule has 12 heavy (non-hydrogen) atoms. The second kappa shape index (κ2) is 5.69. The molecule has 0 fully saturated rings. The fourth-order valence-corrected chi connectivity index (χ4v) is 1.09. The molecule has 1 aromatic rings. The molecule has 1 rings (SSSR count). The van der Waals surface area contributed by atoms with Crippen molar-refractivity contribution in [1.29, 1.82) is 0 Å². The molecule has 4 nitrogen and oxygen atoms in total. The molecule has 0 aromatic heterocycles. The van der Waals surface area contributed by atoms with Gasteiger partial charge in [0.1, 0.15) is 0 Å². The van der Waals surface area contributed by atoms with Crippen LogP contribution in [-0.2, 0) is 10.1 Å². The Morgan fingerprint density at radius 2 is 1.50 bits per heavy atom. The third-order valence-corrected chi connectivity index (χ3v) is 1.91. The molecule has 3 N–H and O–H groups in total. The Morgan fingerprint density at radius 3 is 1.75 bits per heavy atom. The van der Waals surface area contributed by atoms with Crippen LogP contribution < -0.4 is 0 Å². The number of hydrogen-bond acceptors (Lipinski definition) is 2. The first-order valence-corrected chi connectivity index (χ1v) is 4.07. The van der Waals surface area contributed by atoms with E-state index in [0.717, 1.165) is 0 Å². The second-order valence-corrected chi connectivity index (χ2v) is 3.21. The van der Waals surface area contributed by atoms with Crippen LogP contribution in [0.3, 0.4) is 0 Å². The molecule has 64 valence electrons. The number of benzene rings is 1. The molecule has 0 amide bonds. The van der Waals surface area contributed by atoms with Crippen molar-refractivity contribution in [3.8, 4) is 0 Å². The minimum atomic E-state index is -4.00. The first-order valence-electron chi connectivity index (χ1n) is 2.63. The van der Waals surface area contributed by atoms with Gasteiger partial charge in [-0.3, -0.25) is 4.55 Å². The van der Waals surface area contributed by atoms with Crippen molar-refractivity contribution >= 4 is 39.7 Å². The average Bonchev–Trinajstić information content (AvgIpc) is 1.88. The predicted octanol–water partition coefficient (Wildman–Crippen LogP) is -0.540. The van der Waals surface area contributed by atoms with E-state index in [1.54, 1.807) is 18.2 Å². The standard InChI is InChI=1S/C6H6O3S.Na.H2O.H/c7-10(8,9)6-4-2-1-3-5-6;;;/h1-5H,(H,7,8,9);;1H2;. The quantitative estimate of drug-likeness (QED) is 0.488. The van der Waals surface area contributed by atoms with Gasteiger partial charge in [-0.2, -0.15) is 8.42 Å². The molecular formula is C6H9NaO4S. The van der Waals surface area contributed by atoms with Gasteiger partial charge in [0.2, 0.25) is 0 Å². The van der Waals surface area contributed by atoms with E-state index in [0.29, 0.717) is 0 Å². The Bertz CT molecular complexity index is 308. The molecule has 0 spiro atoms. The Hall–Kier alpha value is 0.0900. The van der Waals surface area contributed by atoms with E-state index in [1.165, 1.54) is 12.1 Å². The van der Waals surface area contributed by atoms with Gasteiger partial charge >= 0.3 is 29.6 Å². The van der Waals surface area contributed by atoms with Gasteiger partial charge in [-0.15, -0.1) is 0 Å². The zero-order chi connectivity index (χ0) is 7.61. The molecule has 0 heterocycles. The predicted molar refractivity (Wildman–Crippen MR) is 47.0 cm³/mol. The summed E-state index contributed by atoms with van der Waals surface area (Å²) in [6, 6.07) is 7.42. The van der Waals surface area contributed by atoms with Gasteiger partial charge in [-0.1, -0.05) is 18.2 Å². The van der Waals surface area contributed by atoms with Gasteiger partial charge in [-0.05, 0) is 12.1 Å². The van der Waals surface area contributed by atoms with Crippen LogP contribution in [-0.4, -0.2) is 48.0 Å². The molecular weight excluding hydrogens is 191 g/mol. The Labute approximate surface area is 93.0 Å². The monoisotopic (exact) mass is 200 g/mol. The molecule has 0 saturated carbocycles. The van der Waals surface area contributed by atoms with Crippen LogP contribution in [0, 0.1) is 0 Å². The number of rotatable bonds is 1. The van der Waals surface area contributed by atoms with Gasteiger partial charge in [0.15, 0.2) is 0 Å². The summed E-state index contributed by atoms with van der Waals surface area (Å²) in [6.45, 7) is 0. The van der Waals surface area contributed by atoms with E-state index in [2.05, 4.69) is 0 Å². The van der Waals surface area contributed by atoms with Gasteiger partial charge in [-0.25, -0.2) is 0 Å². The van der Waals surface area contributed by atoms with E-state index in [9.17, 15) is 8.42 Å². The van der Waals surface area contributed by atoms with Crippen molar-refractivity contribution < 1.29 is 18.4 Å².